The van der Waals surface area contributed by atoms with Crippen molar-refractivity contribution in [3.63, 3.8) is 0 Å². The topological polar surface area (TPSA) is 81.0 Å². The fraction of sp³-hybridized carbons (Fsp3) is 0.214. The molecule has 8 heteroatoms. The van der Waals surface area contributed by atoms with Gasteiger partial charge in [-0.3, -0.25) is 0 Å². The summed E-state index contributed by atoms with van der Waals surface area (Å²) in [5, 5.41) is 18.2. The van der Waals surface area contributed by atoms with Gasteiger partial charge in [0.15, 0.2) is 23.4 Å². The summed E-state index contributed by atoms with van der Waals surface area (Å²) < 4.78 is 30.1. The van der Waals surface area contributed by atoms with Crippen molar-refractivity contribution in [3.8, 4) is 17.4 Å². The first kappa shape index (κ1) is 14.6. The van der Waals surface area contributed by atoms with E-state index in [1.807, 2.05) is 0 Å². The molecule has 114 valence electrons. The Bertz CT molecular complexity index is 680. The third kappa shape index (κ3) is 2.70. The number of hydrogen-bond acceptors (Lipinski definition) is 6. The number of hydrogen-bond donors (Lipinski definition) is 2. The highest BCUT2D eigenvalue weighted by atomic mass is 19.1. The molecular weight excluding hydrogens is 292 g/mol. The Morgan fingerprint density at radius 3 is 2.82 bits per heavy atom. The predicted octanol–water partition coefficient (Wildman–Crippen LogP) is 0.422. The van der Waals surface area contributed by atoms with Gasteiger partial charge in [0.1, 0.15) is 6.61 Å². The number of fused-ring (bicyclic) bond motifs is 1. The van der Waals surface area contributed by atoms with Crippen LogP contribution >= 0.6 is 0 Å². The van der Waals surface area contributed by atoms with Crippen molar-refractivity contribution in [1.29, 1.82) is 0 Å². The first-order valence-electron chi connectivity index (χ1n) is 6.57. The van der Waals surface area contributed by atoms with E-state index in [1.54, 1.807) is 18.3 Å². The van der Waals surface area contributed by atoms with Gasteiger partial charge >= 0.3 is 7.12 Å². The average Bonchev–Trinajstić information content (AvgIpc) is 2.54. The molecule has 2 heterocycles. The number of rotatable bonds is 3. The minimum atomic E-state index is -1.77. The van der Waals surface area contributed by atoms with Crippen LogP contribution in [0, 0.1) is 5.82 Å². The van der Waals surface area contributed by atoms with Gasteiger partial charge in [0, 0.05) is 17.8 Å². The number of aromatic nitrogens is 1. The third-order valence-electron chi connectivity index (χ3n) is 3.32. The first-order chi connectivity index (χ1) is 10.6. The normalized spacial score (nSPS) is 16.3. The van der Waals surface area contributed by atoms with Crippen molar-refractivity contribution in [1.82, 2.24) is 4.98 Å². The van der Waals surface area contributed by atoms with E-state index < -0.39 is 19.0 Å². The highest BCUT2D eigenvalue weighted by molar-refractivity contribution is 6.58. The van der Waals surface area contributed by atoms with Crippen molar-refractivity contribution in [2.24, 2.45) is 0 Å². The minimum Gasteiger partial charge on any atom is -0.485 e. The molecule has 0 saturated heterocycles. The van der Waals surface area contributed by atoms with E-state index in [9.17, 15) is 4.39 Å². The Morgan fingerprint density at radius 1 is 1.36 bits per heavy atom. The molecule has 22 heavy (non-hydrogen) atoms. The summed E-state index contributed by atoms with van der Waals surface area (Å²) in [6.07, 6.45) is 1.06. The second-order valence-corrected chi connectivity index (χ2v) is 4.76. The minimum absolute atomic E-state index is 0.00409. The van der Waals surface area contributed by atoms with Crippen LogP contribution in [0.2, 0.25) is 0 Å². The molecule has 2 aromatic rings. The molecule has 1 aliphatic rings. The number of halogens is 1. The van der Waals surface area contributed by atoms with Gasteiger partial charge < -0.3 is 24.3 Å². The van der Waals surface area contributed by atoms with Crippen molar-refractivity contribution in [2.45, 2.75) is 6.10 Å². The largest absolute Gasteiger partial charge is 0.488 e. The lowest BCUT2D eigenvalue weighted by Gasteiger charge is -2.27. The fourth-order valence-corrected chi connectivity index (χ4v) is 2.17. The van der Waals surface area contributed by atoms with Gasteiger partial charge in [-0.15, -0.1) is 0 Å². The average molecular weight is 305 g/mol. The van der Waals surface area contributed by atoms with Gasteiger partial charge in [-0.05, 0) is 23.7 Å². The number of ether oxygens (including phenoxy) is 3. The molecule has 0 saturated carbocycles. The summed E-state index contributed by atoms with van der Waals surface area (Å²) >= 11 is 0. The van der Waals surface area contributed by atoms with Gasteiger partial charge in [-0.2, -0.15) is 0 Å². The second-order valence-electron chi connectivity index (χ2n) is 4.76. The zero-order valence-electron chi connectivity index (χ0n) is 11.7. The summed E-state index contributed by atoms with van der Waals surface area (Å²) in [5.74, 6) is -0.169. The lowest BCUT2D eigenvalue weighted by atomic mass is 9.80. The Morgan fingerprint density at radius 2 is 2.18 bits per heavy atom. The standard InChI is InChI=1S/C14H13BFNO5/c1-20-13-3-2-8(6-17-13)12-7-21-11-5-9(15(18)19)4-10(16)14(11)22-12/h2-6,12,18-19H,7H2,1H3. The highest BCUT2D eigenvalue weighted by Crippen LogP contribution is 2.37. The maximum absolute atomic E-state index is 14.0. The zero-order valence-corrected chi connectivity index (χ0v) is 11.7. The van der Waals surface area contributed by atoms with Gasteiger partial charge in [0.2, 0.25) is 5.88 Å². The molecule has 3 rings (SSSR count). The molecule has 6 nitrogen and oxygen atoms in total. The van der Waals surface area contributed by atoms with Crippen molar-refractivity contribution in [2.75, 3.05) is 13.7 Å². The maximum atomic E-state index is 14.0. The van der Waals surface area contributed by atoms with E-state index in [-0.39, 0.29) is 23.6 Å². The van der Waals surface area contributed by atoms with Gasteiger partial charge in [0.25, 0.3) is 0 Å². The predicted molar refractivity (Wildman–Crippen MR) is 75.9 cm³/mol. The SMILES string of the molecule is COc1ccc(C2COc3cc(B(O)O)cc(F)c3O2)cn1. The molecule has 1 aromatic heterocycles. The van der Waals surface area contributed by atoms with Crippen LogP contribution in [0.15, 0.2) is 30.5 Å². The third-order valence-corrected chi connectivity index (χ3v) is 3.32. The number of methoxy groups -OCH3 is 1. The zero-order chi connectivity index (χ0) is 15.7. The van der Waals surface area contributed by atoms with E-state index >= 15 is 0 Å². The Kier molecular flexibility index (Phi) is 3.87. The van der Waals surface area contributed by atoms with Crippen LogP contribution in [-0.2, 0) is 0 Å². The molecular formula is C14H13BFNO5. The van der Waals surface area contributed by atoms with Crippen molar-refractivity contribution in [3.05, 3.63) is 41.8 Å². The summed E-state index contributed by atoms with van der Waals surface area (Å²) in [4.78, 5) is 4.07. The van der Waals surface area contributed by atoms with E-state index in [0.717, 1.165) is 11.6 Å². The van der Waals surface area contributed by atoms with Crippen LogP contribution < -0.4 is 19.7 Å². The Hall–Kier alpha value is -2.32. The molecule has 1 atom stereocenters. The second kappa shape index (κ2) is 5.82. The summed E-state index contributed by atoms with van der Waals surface area (Å²) in [6, 6.07) is 5.78. The van der Waals surface area contributed by atoms with Crippen LogP contribution in [0.3, 0.4) is 0 Å². The fourth-order valence-electron chi connectivity index (χ4n) is 2.17. The van der Waals surface area contributed by atoms with E-state index in [0.29, 0.717) is 5.88 Å². The van der Waals surface area contributed by atoms with Crippen LogP contribution in [0.1, 0.15) is 11.7 Å². The molecule has 1 aliphatic heterocycles. The Balaban J connectivity index is 1.87. The monoisotopic (exact) mass is 305 g/mol. The molecule has 1 aromatic carbocycles. The first-order valence-corrected chi connectivity index (χ1v) is 6.57. The number of pyridine rings is 1. The van der Waals surface area contributed by atoms with Crippen LogP contribution in [-0.4, -0.2) is 35.9 Å². The molecule has 0 bridgehead atoms. The lowest BCUT2D eigenvalue weighted by molar-refractivity contribution is 0.0856. The van der Waals surface area contributed by atoms with Crippen molar-refractivity contribution < 1.29 is 28.6 Å². The van der Waals surface area contributed by atoms with Crippen LogP contribution in [0.25, 0.3) is 0 Å². The van der Waals surface area contributed by atoms with E-state index in [4.69, 9.17) is 24.3 Å². The van der Waals surface area contributed by atoms with Crippen LogP contribution in [0.4, 0.5) is 4.39 Å². The van der Waals surface area contributed by atoms with E-state index in [2.05, 4.69) is 4.98 Å². The summed E-state index contributed by atoms with van der Waals surface area (Å²) in [6.45, 7) is 0.158. The quantitative estimate of drug-likeness (QED) is 0.800. The maximum Gasteiger partial charge on any atom is 0.488 e. The molecule has 0 amide bonds. The van der Waals surface area contributed by atoms with Gasteiger partial charge in [-0.25, -0.2) is 9.37 Å². The number of benzene rings is 1. The smallest absolute Gasteiger partial charge is 0.485 e. The molecule has 0 spiro atoms. The molecule has 2 N–H and O–H groups in total. The molecule has 0 aliphatic carbocycles. The van der Waals surface area contributed by atoms with Gasteiger partial charge in [-0.1, -0.05) is 0 Å². The van der Waals surface area contributed by atoms with Crippen LogP contribution in [0.5, 0.6) is 17.4 Å². The van der Waals surface area contributed by atoms with E-state index in [1.165, 1.54) is 13.2 Å². The van der Waals surface area contributed by atoms with Gasteiger partial charge in [0.05, 0.1) is 7.11 Å². The summed E-state index contributed by atoms with van der Waals surface area (Å²) in [7, 11) is -0.256. The number of nitrogens with zero attached hydrogens (tertiary/aromatic N) is 1. The lowest BCUT2D eigenvalue weighted by Crippen LogP contribution is -2.32. The molecule has 0 radical (unpaired) electrons. The molecule has 0 fully saturated rings. The molecule has 1 unspecified atom stereocenters. The van der Waals surface area contributed by atoms with Crippen molar-refractivity contribution >= 4 is 12.6 Å². The summed E-state index contributed by atoms with van der Waals surface area (Å²) in [5.41, 5.74) is 0.724. The Labute approximate surface area is 126 Å². The highest BCUT2D eigenvalue weighted by Gasteiger charge is 2.28.